The summed E-state index contributed by atoms with van der Waals surface area (Å²) in [4.78, 5) is 14.1. The number of carbonyl (C=O) groups excluding carboxylic acids is 1. The van der Waals surface area contributed by atoms with Crippen LogP contribution in [0.5, 0.6) is 0 Å². The average molecular weight is 345 g/mol. The number of benzene rings is 2. The number of amides is 1. The maximum Gasteiger partial charge on any atom is 0.253 e. The van der Waals surface area contributed by atoms with E-state index in [2.05, 4.69) is 11.2 Å². The molecule has 130 valence electrons. The molecular weight excluding hydrogens is 326 g/mol. The van der Waals surface area contributed by atoms with Crippen molar-refractivity contribution in [2.24, 2.45) is 0 Å². The van der Waals surface area contributed by atoms with E-state index in [9.17, 15) is 4.79 Å². The van der Waals surface area contributed by atoms with Crippen molar-refractivity contribution in [2.45, 2.75) is 12.8 Å². The molecule has 3 aromatic rings. The van der Waals surface area contributed by atoms with Crippen LogP contribution in [-0.4, -0.2) is 29.6 Å². The Kier molecular flexibility index (Phi) is 5.45. The van der Waals surface area contributed by atoms with Crippen LogP contribution >= 0.6 is 0 Å². The van der Waals surface area contributed by atoms with Gasteiger partial charge in [0.25, 0.3) is 5.91 Å². The SMILES string of the molecule is CN(CCCc1cc(-c2ccccc2)no1)C(=O)c1cccc(C#N)c1. The lowest BCUT2D eigenvalue weighted by Gasteiger charge is -2.16. The molecule has 0 saturated heterocycles. The van der Waals surface area contributed by atoms with Gasteiger partial charge < -0.3 is 9.42 Å². The predicted molar refractivity (Wildman–Crippen MR) is 98.4 cm³/mol. The van der Waals surface area contributed by atoms with Crippen LogP contribution < -0.4 is 0 Å². The Morgan fingerprint density at radius 1 is 1.15 bits per heavy atom. The van der Waals surface area contributed by atoms with Gasteiger partial charge in [0.05, 0.1) is 11.6 Å². The molecule has 0 aliphatic carbocycles. The van der Waals surface area contributed by atoms with Gasteiger partial charge in [-0.2, -0.15) is 5.26 Å². The van der Waals surface area contributed by atoms with Crippen LogP contribution in [0, 0.1) is 11.3 Å². The summed E-state index contributed by atoms with van der Waals surface area (Å²) in [6, 6.07) is 20.6. The van der Waals surface area contributed by atoms with Gasteiger partial charge in [0.2, 0.25) is 0 Å². The lowest BCUT2D eigenvalue weighted by atomic mass is 10.1. The fourth-order valence-corrected chi connectivity index (χ4v) is 2.71. The third-order valence-corrected chi connectivity index (χ3v) is 4.13. The van der Waals surface area contributed by atoms with Crippen molar-refractivity contribution in [1.29, 1.82) is 5.26 Å². The molecular formula is C21H19N3O2. The van der Waals surface area contributed by atoms with Gasteiger partial charge in [-0.3, -0.25) is 4.79 Å². The van der Waals surface area contributed by atoms with Gasteiger partial charge in [0.15, 0.2) is 0 Å². The minimum Gasteiger partial charge on any atom is -0.361 e. The Morgan fingerprint density at radius 3 is 2.73 bits per heavy atom. The number of nitrogens with zero attached hydrogens (tertiary/aromatic N) is 3. The summed E-state index contributed by atoms with van der Waals surface area (Å²) in [7, 11) is 1.76. The topological polar surface area (TPSA) is 70.1 Å². The van der Waals surface area contributed by atoms with Gasteiger partial charge >= 0.3 is 0 Å². The second-order valence-electron chi connectivity index (χ2n) is 6.07. The molecule has 0 fully saturated rings. The van der Waals surface area contributed by atoms with E-state index in [1.807, 2.05) is 36.4 Å². The maximum absolute atomic E-state index is 12.4. The normalized spacial score (nSPS) is 10.3. The number of carbonyl (C=O) groups is 1. The van der Waals surface area contributed by atoms with Gasteiger partial charge in [0, 0.05) is 37.2 Å². The molecule has 0 unspecified atom stereocenters. The molecule has 5 nitrogen and oxygen atoms in total. The van der Waals surface area contributed by atoms with E-state index in [0.29, 0.717) is 24.1 Å². The Hall–Kier alpha value is -3.39. The maximum atomic E-state index is 12.4. The lowest BCUT2D eigenvalue weighted by Crippen LogP contribution is -2.28. The van der Waals surface area contributed by atoms with Gasteiger partial charge in [0.1, 0.15) is 11.5 Å². The van der Waals surface area contributed by atoms with Crippen molar-refractivity contribution >= 4 is 5.91 Å². The van der Waals surface area contributed by atoms with Crippen LogP contribution in [0.3, 0.4) is 0 Å². The first kappa shape index (κ1) is 17.4. The van der Waals surface area contributed by atoms with Gasteiger partial charge in [-0.05, 0) is 24.6 Å². The number of rotatable bonds is 6. The summed E-state index contributed by atoms with van der Waals surface area (Å²) in [6.45, 7) is 0.594. The van der Waals surface area contributed by atoms with Crippen molar-refractivity contribution in [3.8, 4) is 17.3 Å². The van der Waals surface area contributed by atoms with Gasteiger partial charge in [-0.25, -0.2) is 0 Å². The molecule has 0 bridgehead atoms. The first-order valence-electron chi connectivity index (χ1n) is 8.44. The fraction of sp³-hybridized carbons (Fsp3) is 0.190. The first-order valence-corrected chi connectivity index (χ1v) is 8.44. The van der Waals surface area contributed by atoms with Crippen LogP contribution in [0.1, 0.15) is 28.1 Å². The molecule has 0 atom stereocenters. The van der Waals surface area contributed by atoms with E-state index < -0.39 is 0 Å². The molecule has 0 N–H and O–H groups in total. The molecule has 0 saturated carbocycles. The van der Waals surface area contributed by atoms with Crippen molar-refractivity contribution < 1.29 is 9.32 Å². The minimum absolute atomic E-state index is 0.0929. The second-order valence-corrected chi connectivity index (χ2v) is 6.07. The van der Waals surface area contributed by atoms with E-state index in [1.165, 1.54) is 0 Å². The van der Waals surface area contributed by atoms with Crippen LogP contribution in [-0.2, 0) is 6.42 Å². The molecule has 1 heterocycles. The molecule has 1 aromatic heterocycles. The van der Waals surface area contributed by atoms with E-state index in [0.717, 1.165) is 23.4 Å². The zero-order valence-corrected chi connectivity index (χ0v) is 14.6. The third kappa shape index (κ3) is 4.17. The zero-order chi connectivity index (χ0) is 18.4. The molecule has 26 heavy (non-hydrogen) atoms. The highest BCUT2D eigenvalue weighted by Crippen LogP contribution is 2.19. The molecule has 2 aromatic carbocycles. The van der Waals surface area contributed by atoms with Crippen LogP contribution in [0.2, 0.25) is 0 Å². The van der Waals surface area contributed by atoms with E-state index in [-0.39, 0.29) is 5.91 Å². The van der Waals surface area contributed by atoms with E-state index in [4.69, 9.17) is 9.78 Å². The molecule has 0 aliphatic rings. The highest BCUT2D eigenvalue weighted by molar-refractivity contribution is 5.94. The fourth-order valence-electron chi connectivity index (χ4n) is 2.71. The number of aromatic nitrogens is 1. The van der Waals surface area contributed by atoms with Crippen LogP contribution in [0.15, 0.2) is 65.2 Å². The van der Waals surface area contributed by atoms with Crippen LogP contribution in [0.25, 0.3) is 11.3 Å². The Morgan fingerprint density at radius 2 is 1.96 bits per heavy atom. The number of hydrogen-bond donors (Lipinski definition) is 0. The summed E-state index contributed by atoms with van der Waals surface area (Å²) >= 11 is 0. The number of aryl methyl sites for hydroxylation is 1. The highest BCUT2D eigenvalue weighted by Gasteiger charge is 2.13. The monoisotopic (exact) mass is 345 g/mol. The number of nitriles is 1. The lowest BCUT2D eigenvalue weighted by molar-refractivity contribution is 0.0793. The summed E-state index contributed by atoms with van der Waals surface area (Å²) in [5.74, 6) is 0.709. The Balaban J connectivity index is 1.54. The predicted octanol–water partition coefficient (Wildman–Crippen LogP) is 3.92. The summed E-state index contributed by atoms with van der Waals surface area (Å²) in [5.41, 5.74) is 2.85. The highest BCUT2D eigenvalue weighted by atomic mass is 16.5. The Bertz CT molecular complexity index is 926. The summed E-state index contributed by atoms with van der Waals surface area (Å²) < 4.78 is 5.39. The van der Waals surface area contributed by atoms with E-state index in [1.54, 1.807) is 36.2 Å². The van der Waals surface area contributed by atoms with Gasteiger partial charge in [-0.15, -0.1) is 0 Å². The zero-order valence-electron chi connectivity index (χ0n) is 14.6. The second kappa shape index (κ2) is 8.13. The van der Waals surface area contributed by atoms with Crippen LogP contribution in [0.4, 0.5) is 0 Å². The van der Waals surface area contributed by atoms with Crippen molar-refractivity contribution in [2.75, 3.05) is 13.6 Å². The van der Waals surface area contributed by atoms with Crippen molar-refractivity contribution in [3.05, 3.63) is 77.6 Å². The summed E-state index contributed by atoms with van der Waals surface area (Å²) in [5, 5.41) is 13.0. The average Bonchev–Trinajstić information content (AvgIpc) is 3.17. The summed E-state index contributed by atoms with van der Waals surface area (Å²) in [6.07, 6.45) is 1.47. The van der Waals surface area contributed by atoms with E-state index >= 15 is 0 Å². The molecule has 0 aliphatic heterocycles. The Labute approximate surface area is 152 Å². The van der Waals surface area contributed by atoms with Gasteiger partial charge in [-0.1, -0.05) is 41.6 Å². The third-order valence-electron chi connectivity index (χ3n) is 4.13. The smallest absolute Gasteiger partial charge is 0.253 e. The quantitative estimate of drug-likeness (QED) is 0.679. The molecule has 1 amide bonds. The standard InChI is InChI=1S/C21H19N3O2/c1-24(21(25)18-10-5-7-16(13-18)15-22)12-6-11-19-14-20(23-26-19)17-8-3-2-4-9-17/h2-5,7-10,13-14H,6,11-12H2,1H3. The molecule has 0 spiro atoms. The molecule has 3 rings (SSSR count). The number of hydrogen-bond acceptors (Lipinski definition) is 4. The molecule has 0 radical (unpaired) electrons. The largest absolute Gasteiger partial charge is 0.361 e. The first-order chi connectivity index (χ1) is 12.7. The molecule has 5 heteroatoms. The van der Waals surface area contributed by atoms with Crippen molar-refractivity contribution in [3.63, 3.8) is 0 Å². The van der Waals surface area contributed by atoms with Crippen molar-refractivity contribution in [1.82, 2.24) is 10.1 Å². The minimum atomic E-state index is -0.0929.